The van der Waals surface area contributed by atoms with Crippen molar-refractivity contribution in [2.24, 2.45) is 5.73 Å². The highest BCUT2D eigenvalue weighted by Gasteiger charge is 2.33. The van der Waals surface area contributed by atoms with Gasteiger partial charge in [0.25, 0.3) is 0 Å². The predicted molar refractivity (Wildman–Crippen MR) is 56.1 cm³/mol. The van der Waals surface area contributed by atoms with Gasteiger partial charge in [0.2, 0.25) is 5.89 Å². The monoisotopic (exact) mass is 213 g/mol. The summed E-state index contributed by atoms with van der Waals surface area (Å²) in [6.07, 6.45) is 2.25. The maximum atomic E-state index is 5.44. The zero-order chi connectivity index (χ0) is 10.0. The molecule has 0 amide bonds. The van der Waals surface area contributed by atoms with Crippen LogP contribution in [-0.2, 0) is 12.0 Å². The fraction of sp³-hybridized carbons (Fsp3) is 0.778. The van der Waals surface area contributed by atoms with E-state index in [4.69, 9.17) is 10.3 Å². The van der Waals surface area contributed by atoms with Crippen molar-refractivity contribution in [2.45, 2.75) is 31.7 Å². The van der Waals surface area contributed by atoms with E-state index in [0.29, 0.717) is 12.4 Å². The molecule has 0 unspecified atom stereocenters. The van der Waals surface area contributed by atoms with Crippen molar-refractivity contribution in [3.8, 4) is 0 Å². The minimum atomic E-state index is 0.0994. The largest absolute Gasteiger partial charge is 0.338 e. The van der Waals surface area contributed by atoms with Crippen molar-refractivity contribution in [1.29, 1.82) is 0 Å². The quantitative estimate of drug-likeness (QED) is 0.802. The average molecular weight is 213 g/mol. The number of thioether (sulfide) groups is 1. The minimum Gasteiger partial charge on any atom is -0.338 e. The molecule has 0 aliphatic carbocycles. The van der Waals surface area contributed by atoms with Crippen molar-refractivity contribution in [3.05, 3.63) is 11.7 Å². The van der Waals surface area contributed by atoms with Gasteiger partial charge in [-0.3, -0.25) is 0 Å². The van der Waals surface area contributed by atoms with Gasteiger partial charge in [0.15, 0.2) is 5.82 Å². The zero-order valence-electron chi connectivity index (χ0n) is 8.32. The second-order valence-corrected chi connectivity index (χ2v) is 5.11. The molecule has 1 aromatic rings. The molecule has 1 aromatic heterocycles. The summed E-state index contributed by atoms with van der Waals surface area (Å²) in [6, 6.07) is 0. The summed E-state index contributed by atoms with van der Waals surface area (Å²) in [5.41, 5.74) is 5.53. The van der Waals surface area contributed by atoms with E-state index in [0.717, 1.165) is 18.7 Å². The third-order valence-electron chi connectivity index (χ3n) is 2.78. The first-order valence-corrected chi connectivity index (χ1v) is 6.01. The van der Waals surface area contributed by atoms with E-state index in [9.17, 15) is 0 Å². The first-order chi connectivity index (χ1) is 6.74. The van der Waals surface area contributed by atoms with Crippen molar-refractivity contribution in [1.82, 2.24) is 10.1 Å². The van der Waals surface area contributed by atoms with Crippen LogP contribution in [-0.4, -0.2) is 21.6 Å². The molecule has 0 radical (unpaired) electrons. The van der Waals surface area contributed by atoms with Gasteiger partial charge in [-0.15, -0.1) is 0 Å². The first-order valence-electron chi connectivity index (χ1n) is 4.85. The van der Waals surface area contributed by atoms with Gasteiger partial charge in [0.05, 0.1) is 6.54 Å². The van der Waals surface area contributed by atoms with E-state index in [2.05, 4.69) is 17.1 Å². The first kappa shape index (κ1) is 9.98. The van der Waals surface area contributed by atoms with Crippen molar-refractivity contribution >= 4 is 11.8 Å². The van der Waals surface area contributed by atoms with Gasteiger partial charge in [0, 0.05) is 5.41 Å². The van der Waals surface area contributed by atoms with Gasteiger partial charge in [-0.25, -0.2) is 0 Å². The molecule has 2 N–H and O–H groups in total. The van der Waals surface area contributed by atoms with E-state index >= 15 is 0 Å². The van der Waals surface area contributed by atoms with Crippen molar-refractivity contribution < 1.29 is 4.52 Å². The summed E-state index contributed by atoms with van der Waals surface area (Å²) >= 11 is 1.99. The Morgan fingerprint density at radius 2 is 2.21 bits per heavy atom. The Labute approximate surface area is 87.6 Å². The van der Waals surface area contributed by atoms with E-state index in [1.165, 1.54) is 11.5 Å². The van der Waals surface area contributed by atoms with Crippen LogP contribution in [0.3, 0.4) is 0 Å². The third-order valence-corrected chi connectivity index (χ3v) is 3.76. The lowest BCUT2D eigenvalue weighted by Crippen LogP contribution is -2.28. The standard InChI is InChI=1S/C9H15N3OS/c1-9(2-4-14-5-3-9)8-11-7(6-10)13-12-8/h2-6,10H2,1H3. The molecule has 2 heterocycles. The third kappa shape index (κ3) is 1.79. The Hall–Kier alpha value is -0.550. The lowest BCUT2D eigenvalue weighted by Gasteiger charge is -2.29. The van der Waals surface area contributed by atoms with E-state index < -0.39 is 0 Å². The normalized spacial score (nSPS) is 21.0. The topological polar surface area (TPSA) is 64.9 Å². The molecule has 0 bridgehead atoms. The van der Waals surface area contributed by atoms with E-state index in [-0.39, 0.29) is 5.41 Å². The Bertz CT molecular complexity index is 307. The fourth-order valence-corrected chi connectivity index (χ4v) is 3.02. The summed E-state index contributed by atoms with van der Waals surface area (Å²) in [4.78, 5) is 4.31. The molecular formula is C9H15N3OS. The Kier molecular flexibility index (Phi) is 2.78. The lowest BCUT2D eigenvalue weighted by atomic mass is 9.83. The van der Waals surface area contributed by atoms with Crippen LogP contribution >= 0.6 is 11.8 Å². The summed E-state index contributed by atoms with van der Waals surface area (Å²) < 4.78 is 5.04. The molecule has 78 valence electrons. The summed E-state index contributed by atoms with van der Waals surface area (Å²) in [5, 5.41) is 4.01. The van der Waals surface area contributed by atoms with Gasteiger partial charge in [-0.2, -0.15) is 16.7 Å². The molecule has 14 heavy (non-hydrogen) atoms. The molecule has 4 nitrogen and oxygen atoms in total. The Morgan fingerprint density at radius 3 is 2.79 bits per heavy atom. The van der Waals surface area contributed by atoms with Crippen molar-refractivity contribution in [2.75, 3.05) is 11.5 Å². The van der Waals surface area contributed by atoms with E-state index in [1.54, 1.807) is 0 Å². The van der Waals surface area contributed by atoms with Gasteiger partial charge in [-0.05, 0) is 24.3 Å². The fourth-order valence-electron chi connectivity index (χ4n) is 1.63. The van der Waals surface area contributed by atoms with Crippen LogP contribution < -0.4 is 5.73 Å². The van der Waals surface area contributed by atoms with Gasteiger partial charge in [-0.1, -0.05) is 12.1 Å². The number of aromatic nitrogens is 2. The molecule has 1 fully saturated rings. The highest BCUT2D eigenvalue weighted by Crippen LogP contribution is 2.35. The van der Waals surface area contributed by atoms with Crippen LogP contribution in [0, 0.1) is 0 Å². The molecule has 0 saturated carbocycles. The highest BCUT2D eigenvalue weighted by molar-refractivity contribution is 7.99. The highest BCUT2D eigenvalue weighted by atomic mass is 32.2. The zero-order valence-corrected chi connectivity index (χ0v) is 9.14. The Balaban J connectivity index is 2.19. The average Bonchev–Trinajstić information content (AvgIpc) is 2.67. The second kappa shape index (κ2) is 3.90. The van der Waals surface area contributed by atoms with Crippen LogP contribution in [0.5, 0.6) is 0 Å². The molecule has 1 aliphatic rings. The second-order valence-electron chi connectivity index (χ2n) is 3.89. The maximum Gasteiger partial charge on any atom is 0.240 e. The summed E-state index contributed by atoms with van der Waals surface area (Å²) in [6.45, 7) is 2.54. The molecule has 2 rings (SSSR count). The molecule has 5 heteroatoms. The van der Waals surface area contributed by atoms with Crippen LogP contribution in [0.15, 0.2) is 4.52 Å². The van der Waals surface area contributed by atoms with Crippen LogP contribution in [0.4, 0.5) is 0 Å². The van der Waals surface area contributed by atoms with E-state index in [1.807, 2.05) is 11.8 Å². The lowest BCUT2D eigenvalue weighted by molar-refractivity contribution is 0.344. The molecule has 0 spiro atoms. The molecular weight excluding hydrogens is 198 g/mol. The minimum absolute atomic E-state index is 0.0994. The van der Waals surface area contributed by atoms with Crippen LogP contribution in [0.2, 0.25) is 0 Å². The van der Waals surface area contributed by atoms with Gasteiger partial charge < -0.3 is 10.3 Å². The number of nitrogens with zero attached hydrogens (tertiary/aromatic N) is 2. The van der Waals surface area contributed by atoms with Crippen molar-refractivity contribution in [3.63, 3.8) is 0 Å². The summed E-state index contributed by atoms with van der Waals surface area (Å²) in [5.74, 6) is 3.74. The molecule has 1 saturated heterocycles. The number of hydrogen-bond acceptors (Lipinski definition) is 5. The number of rotatable bonds is 2. The van der Waals surface area contributed by atoms with Crippen LogP contribution in [0.1, 0.15) is 31.5 Å². The van der Waals surface area contributed by atoms with Gasteiger partial charge in [0.1, 0.15) is 0 Å². The SMILES string of the molecule is CC1(c2noc(CN)n2)CCSCC1. The van der Waals surface area contributed by atoms with Crippen LogP contribution in [0.25, 0.3) is 0 Å². The van der Waals surface area contributed by atoms with Gasteiger partial charge >= 0.3 is 0 Å². The number of nitrogens with two attached hydrogens (primary N) is 1. The Morgan fingerprint density at radius 1 is 1.50 bits per heavy atom. The molecule has 0 atom stereocenters. The number of hydrogen-bond donors (Lipinski definition) is 1. The summed E-state index contributed by atoms with van der Waals surface area (Å²) in [7, 11) is 0. The molecule has 0 aromatic carbocycles. The maximum absolute atomic E-state index is 5.44. The predicted octanol–water partition coefficient (Wildman–Crippen LogP) is 1.31. The molecule has 1 aliphatic heterocycles. The smallest absolute Gasteiger partial charge is 0.240 e.